The number of carbonyl (C=O) groups is 1. The molecule has 43 heavy (non-hydrogen) atoms. The molecule has 1 fully saturated rings. The van der Waals surface area contributed by atoms with Gasteiger partial charge < -0.3 is 24.0 Å². The molecule has 2 aromatic heterocycles. The van der Waals surface area contributed by atoms with Crippen molar-refractivity contribution in [3.8, 4) is 28.5 Å². The number of carbonyl (C=O) groups excluding carboxylic acids is 1. The highest BCUT2D eigenvalue weighted by molar-refractivity contribution is 5.96. The number of nitrogens with zero attached hydrogens (tertiary/aromatic N) is 4. The summed E-state index contributed by atoms with van der Waals surface area (Å²) in [6.07, 6.45) is 14.4. The summed E-state index contributed by atoms with van der Waals surface area (Å²) in [5.74, 6) is 1.87. The lowest BCUT2D eigenvalue weighted by molar-refractivity contribution is 0.0749. The Labute approximate surface area is 258 Å². The fraction of sp³-hybridized carbons (Fsp3) is 0.600. The number of piperidine rings is 1. The molecule has 0 aliphatic carbocycles. The molecule has 3 aromatic rings. The lowest BCUT2D eigenvalue weighted by Gasteiger charge is -2.26. The second kappa shape index (κ2) is 16.6. The van der Waals surface area contributed by atoms with Crippen LogP contribution in [0.1, 0.15) is 94.0 Å². The van der Waals surface area contributed by atoms with Crippen molar-refractivity contribution >= 4 is 11.4 Å². The molecule has 0 atom stereocenters. The molecule has 1 amide bonds. The first-order valence-electron chi connectivity index (χ1n) is 16.4. The Morgan fingerprint density at radius 2 is 1.51 bits per heavy atom. The number of unbranched alkanes of at least 4 members (excludes halogenated alkanes) is 4. The number of aryl methyl sites for hydroxylation is 1. The lowest BCUT2D eigenvalue weighted by Crippen LogP contribution is -2.33. The van der Waals surface area contributed by atoms with Crippen molar-refractivity contribution in [2.24, 2.45) is 0 Å². The molecule has 0 radical (unpaired) electrons. The van der Waals surface area contributed by atoms with Gasteiger partial charge in [-0.1, -0.05) is 46.0 Å². The van der Waals surface area contributed by atoms with E-state index in [9.17, 15) is 4.79 Å². The smallest absolute Gasteiger partial charge is 0.253 e. The number of benzene rings is 1. The average molecular weight is 593 g/mol. The fourth-order valence-electron chi connectivity index (χ4n) is 6.19. The Bertz CT molecular complexity index is 1280. The number of likely N-dealkylation sites (tertiary alicyclic amines) is 1. The molecule has 1 aromatic carbocycles. The van der Waals surface area contributed by atoms with E-state index < -0.39 is 0 Å². The van der Waals surface area contributed by atoms with Crippen molar-refractivity contribution in [2.75, 3.05) is 54.1 Å². The first-order chi connectivity index (χ1) is 21.0. The van der Waals surface area contributed by atoms with Crippen LogP contribution in [0, 0.1) is 0 Å². The topological polar surface area (TPSA) is 68.5 Å². The number of hydrogen-bond donors (Lipinski definition) is 0. The third-order valence-corrected chi connectivity index (χ3v) is 8.62. The number of fused-ring (bicyclic) bond motifs is 1. The van der Waals surface area contributed by atoms with Gasteiger partial charge in [-0.2, -0.15) is 5.10 Å². The van der Waals surface area contributed by atoms with E-state index in [1.54, 1.807) is 21.3 Å². The van der Waals surface area contributed by atoms with Gasteiger partial charge in [-0.3, -0.25) is 4.79 Å². The van der Waals surface area contributed by atoms with Gasteiger partial charge in [0, 0.05) is 36.0 Å². The molecule has 1 saturated heterocycles. The van der Waals surface area contributed by atoms with Crippen LogP contribution >= 0.6 is 0 Å². The van der Waals surface area contributed by atoms with Gasteiger partial charge >= 0.3 is 0 Å². The van der Waals surface area contributed by atoms with E-state index in [4.69, 9.17) is 19.3 Å². The Kier molecular flexibility index (Phi) is 12.6. The molecule has 8 nitrogen and oxygen atoms in total. The van der Waals surface area contributed by atoms with Crippen molar-refractivity contribution in [1.82, 2.24) is 19.4 Å². The number of methoxy groups -OCH3 is 3. The van der Waals surface area contributed by atoms with E-state index in [2.05, 4.69) is 29.7 Å². The third kappa shape index (κ3) is 8.22. The van der Waals surface area contributed by atoms with Crippen molar-refractivity contribution in [3.63, 3.8) is 0 Å². The molecule has 0 saturated carbocycles. The minimum atomic E-state index is 0.115. The van der Waals surface area contributed by atoms with Crippen molar-refractivity contribution in [1.29, 1.82) is 0 Å². The van der Waals surface area contributed by atoms with Crippen LogP contribution in [-0.4, -0.2) is 79.4 Å². The molecule has 0 spiro atoms. The van der Waals surface area contributed by atoms with Crippen molar-refractivity contribution in [2.45, 2.75) is 84.5 Å². The number of ether oxygens (including phenoxy) is 3. The number of aromatic nitrogens is 2. The summed E-state index contributed by atoms with van der Waals surface area (Å²) in [5.41, 5.74) is 4.64. The normalized spacial score (nSPS) is 13.8. The van der Waals surface area contributed by atoms with Crippen LogP contribution in [0.5, 0.6) is 17.2 Å². The summed E-state index contributed by atoms with van der Waals surface area (Å²) >= 11 is 0. The largest absolute Gasteiger partial charge is 0.493 e. The van der Waals surface area contributed by atoms with Crippen LogP contribution in [-0.2, 0) is 6.42 Å². The third-order valence-electron chi connectivity index (χ3n) is 8.62. The van der Waals surface area contributed by atoms with Crippen LogP contribution < -0.4 is 14.2 Å². The molecule has 0 unspecified atom stereocenters. The summed E-state index contributed by atoms with van der Waals surface area (Å²) in [4.78, 5) is 18.5. The Balaban J connectivity index is 1.72. The maximum absolute atomic E-state index is 13.9. The van der Waals surface area contributed by atoms with Crippen LogP contribution in [0.25, 0.3) is 16.8 Å². The van der Waals surface area contributed by atoms with Gasteiger partial charge in [0.15, 0.2) is 11.5 Å². The zero-order chi connectivity index (χ0) is 30.6. The monoisotopic (exact) mass is 592 g/mol. The van der Waals surface area contributed by atoms with Gasteiger partial charge in [0.05, 0.1) is 32.5 Å². The molecule has 0 N–H and O–H groups in total. The van der Waals surface area contributed by atoms with E-state index >= 15 is 0 Å². The highest BCUT2D eigenvalue weighted by Gasteiger charge is 2.22. The molecule has 236 valence electrons. The van der Waals surface area contributed by atoms with E-state index in [1.807, 2.05) is 28.9 Å². The molecule has 4 rings (SSSR count). The van der Waals surface area contributed by atoms with E-state index in [0.717, 1.165) is 98.9 Å². The minimum absolute atomic E-state index is 0.115. The molecule has 0 bridgehead atoms. The summed E-state index contributed by atoms with van der Waals surface area (Å²) in [6, 6.07) is 7.91. The zero-order valence-electron chi connectivity index (χ0n) is 27.1. The molecule has 1 aliphatic heterocycles. The molecule has 1 aliphatic rings. The van der Waals surface area contributed by atoms with E-state index in [0.29, 0.717) is 17.2 Å². The van der Waals surface area contributed by atoms with Gasteiger partial charge in [0.2, 0.25) is 5.75 Å². The number of hydrogen-bond acceptors (Lipinski definition) is 6. The van der Waals surface area contributed by atoms with E-state index in [-0.39, 0.29) is 5.91 Å². The van der Waals surface area contributed by atoms with Gasteiger partial charge in [0.1, 0.15) is 0 Å². The lowest BCUT2D eigenvalue weighted by atomic mass is 10.0. The van der Waals surface area contributed by atoms with Gasteiger partial charge in [0.25, 0.3) is 5.91 Å². The molecule has 3 heterocycles. The second-order valence-electron chi connectivity index (χ2n) is 11.7. The molecule has 8 heteroatoms. The standard InChI is InChI=1S/C35H52N4O4/c1-6-8-11-21-38(22-12-9-7-2)35(40)27-17-23-39-30(24-27)29(16-15-20-37-18-13-10-14-19-37)33(36-39)28-25-31(41-3)34(43-5)32(26-28)42-4/h17,23-26H,6-16,18-22H2,1-5H3. The van der Waals surface area contributed by atoms with Crippen molar-refractivity contribution in [3.05, 3.63) is 41.6 Å². The zero-order valence-corrected chi connectivity index (χ0v) is 27.1. The van der Waals surface area contributed by atoms with Crippen LogP contribution in [0.3, 0.4) is 0 Å². The predicted octanol–water partition coefficient (Wildman–Crippen LogP) is 7.27. The fourth-order valence-corrected chi connectivity index (χ4v) is 6.19. The first kappa shape index (κ1) is 32.6. The second-order valence-corrected chi connectivity index (χ2v) is 11.7. The summed E-state index contributed by atoms with van der Waals surface area (Å²) in [5, 5.41) is 5.05. The average Bonchev–Trinajstić information content (AvgIpc) is 3.41. The SMILES string of the molecule is CCCCCN(CCCCC)C(=O)c1ccn2nc(-c3cc(OC)c(OC)c(OC)c3)c(CCCN3CCCCC3)c2c1. The van der Waals surface area contributed by atoms with Crippen molar-refractivity contribution < 1.29 is 19.0 Å². The summed E-state index contributed by atoms with van der Waals surface area (Å²) < 4.78 is 18.9. The minimum Gasteiger partial charge on any atom is -0.493 e. The number of pyridine rings is 1. The predicted molar refractivity (Wildman–Crippen MR) is 174 cm³/mol. The van der Waals surface area contributed by atoms with Crippen LogP contribution in [0.15, 0.2) is 30.5 Å². The van der Waals surface area contributed by atoms with Crippen LogP contribution in [0.2, 0.25) is 0 Å². The molecular formula is C35H52N4O4. The van der Waals surface area contributed by atoms with Crippen LogP contribution in [0.4, 0.5) is 0 Å². The maximum Gasteiger partial charge on any atom is 0.253 e. The summed E-state index contributed by atoms with van der Waals surface area (Å²) in [6.45, 7) is 9.44. The van der Waals surface area contributed by atoms with E-state index in [1.165, 1.54) is 32.4 Å². The first-order valence-corrected chi connectivity index (χ1v) is 16.4. The number of rotatable bonds is 17. The van der Waals surface area contributed by atoms with Gasteiger partial charge in [-0.05, 0) is 82.4 Å². The highest BCUT2D eigenvalue weighted by Crippen LogP contribution is 2.42. The summed E-state index contributed by atoms with van der Waals surface area (Å²) in [7, 11) is 4.88. The Morgan fingerprint density at radius 3 is 2.09 bits per heavy atom. The maximum atomic E-state index is 13.9. The van der Waals surface area contributed by atoms with Gasteiger partial charge in [-0.25, -0.2) is 4.52 Å². The Morgan fingerprint density at radius 1 is 0.860 bits per heavy atom. The van der Waals surface area contributed by atoms with Gasteiger partial charge in [-0.15, -0.1) is 0 Å². The quantitative estimate of drug-likeness (QED) is 0.154. The highest BCUT2D eigenvalue weighted by atomic mass is 16.5. The molecular weight excluding hydrogens is 540 g/mol. The Hall–Kier alpha value is -3.26. The number of amides is 1.